The topological polar surface area (TPSA) is 4.93 Å². The van der Waals surface area contributed by atoms with Gasteiger partial charge in [-0.05, 0) is 31.4 Å². The predicted octanol–water partition coefficient (Wildman–Crippen LogP) is 2.90. The second-order valence-electron chi connectivity index (χ2n) is 3.84. The van der Waals surface area contributed by atoms with Gasteiger partial charge in [0.05, 0.1) is 0 Å². The van der Waals surface area contributed by atoms with Crippen LogP contribution in [0.2, 0.25) is 0 Å². The Balaban J connectivity index is 2.49. The summed E-state index contributed by atoms with van der Waals surface area (Å²) in [6.45, 7) is 3.46. The zero-order chi connectivity index (χ0) is 8.84. The van der Waals surface area contributed by atoms with Crippen molar-refractivity contribution in [1.29, 1.82) is 0 Å². The number of benzene rings is 1. The molecule has 3 rings (SSSR count). The summed E-state index contributed by atoms with van der Waals surface area (Å²) in [4.78, 5) is 0. The molecule has 0 bridgehead atoms. The quantitative estimate of drug-likeness (QED) is 0.574. The van der Waals surface area contributed by atoms with Crippen molar-refractivity contribution >= 4 is 10.9 Å². The van der Waals surface area contributed by atoms with E-state index < -0.39 is 0 Å². The van der Waals surface area contributed by atoms with E-state index in [9.17, 15) is 0 Å². The number of aromatic nitrogens is 1. The van der Waals surface area contributed by atoms with Crippen molar-refractivity contribution < 1.29 is 0 Å². The van der Waals surface area contributed by atoms with Gasteiger partial charge in [-0.15, -0.1) is 0 Å². The lowest BCUT2D eigenvalue weighted by atomic mass is 10.1. The minimum absolute atomic E-state index is 1.21. The average molecular weight is 171 g/mol. The fourth-order valence-electron chi connectivity index (χ4n) is 2.51. The SMILES string of the molecule is Cc1c2n(c3ccccc13)CCC2. The monoisotopic (exact) mass is 171 g/mol. The van der Waals surface area contributed by atoms with Crippen LogP contribution in [0.5, 0.6) is 0 Å². The van der Waals surface area contributed by atoms with E-state index in [1.807, 2.05) is 0 Å². The third kappa shape index (κ3) is 0.819. The smallest absolute Gasteiger partial charge is 0.0485 e. The van der Waals surface area contributed by atoms with Gasteiger partial charge in [-0.3, -0.25) is 0 Å². The van der Waals surface area contributed by atoms with Crippen LogP contribution in [0, 0.1) is 6.92 Å². The van der Waals surface area contributed by atoms with Gasteiger partial charge in [0.1, 0.15) is 0 Å². The van der Waals surface area contributed by atoms with Crippen LogP contribution < -0.4 is 0 Å². The van der Waals surface area contributed by atoms with Gasteiger partial charge < -0.3 is 4.57 Å². The third-order valence-electron chi connectivity index (χ3n) is 3.15. The van der Waals surface area contributed by atoms with Crippen LogP contribution in [0.15, 0.2) is 24.3 Å². The lowest BCUT2D eigenvalue weighted by molar-refractivity contribution is 0.772. The molecular formula is C12H13N. The number of hydrogen-bond acceptors (Lipinski definition) is 0. The van der Waals surface area contributed by atoms with E-state index in [0.717, 1.165) is 0 Å². The molecule has 13 heavy (non-hydrogen) atoms. The Kier molecular flexibility index (Phi) is 1.32. The lowest BCUT2D eigenvalue weighted by Gasteiger charge is -1.97. The normalized spacial score (nSPS) is 15.2. The molecule has 1 aliphatic heterocycles. The summed E-state index contributed by atoms with van der Waals surface area (Å²) in [5, 5.41) is 1.44. The summed E-state index contributed by atoms with van der Waals surface area (Å²) in [5.74, 6) is 0. The molecule has 0 N–H and O–H groups in total. The fourth-order valence-corrected chi connectivity index (χ4v) is 2.51. The van der Waals surface area contributed by atoms with Crippen molar-refractivity contribution in [2.75, 3.05) is 0 Å². The molecule has 1 aromatic heterocycles. The highest BCUT2D eigenvalue weighted by Gasteiger charge is 2.17. The maximum atomic E-state index is 2.48. The molecule has 0 saturated carbocycles. The van der Waals surface area contributed by atoms with Gasteiger partial charge in [0.15, 0.2) is 0 Å². The molecule has 66 valence electrons. The number of para-hydroxylation sites is 1. The molecule has 0 unspecified atom stereocenters. The molecule has 0 radical (unpaired) electrons. The summed E-state index contributed by atoms with van der Waals surface area (Å²) in [7, 11) is 0. The summed E-state index contributed by atoms with van der Waals surface area (Å²) in [6, 6.07) is 8.73. The van der Waals surface area contributed by atoms with Crippen LogP contribution >= 0.6 is 0 Å². The van der Waals surface area contributed by atoms with Gasteiger partial charge in [0.25, 0.3) is 0 Å². The zero-order valence-corrected chi connectivity index (χ0v) is 7.88. The van der Waals surface area contributed by atoms with E-state index in [2.05, 4.69) is 35.8 Å². The van der Waals surface area contributed by atoms with Gasteiger partial charge in [-0.25, -0.2) is 0 Å². The molecule has 1 heteroatoms. The first kappa shape index (κ1) is 7.19. The van der Waals surface area contributed by atoms with Gasteiger partial charge in [-0.1, -0.05) is 18.2 Å². The van der Waals surface area contributed by atoms with Crippen molar-refractivity contribution in [2.24, 2.45) is 0 Å². The highest BCUT2D eigenvalue weighted by Crippen LogP contribution is 2.30. The summed E-state index contributed by atoms with van der Waals surface area (Å²) in [6.07, 6.45) is 2.58. The van der Waals surface area contributed by atoms with Crippen molar-refractivity contribution in [1.82, 2.24) is 4.57 Å². The second kappa shape index (κ2) is 2.38. The Hall–Kier alpha value is -1.24. The van der Waals surface area contributed by atoms with E-state index in [1.165, 1.54) is 35.9 Å². The molecule has 0 saturated heterocycles. The first-order valence-corrected chi connectivity index (χ1v) is 4.94. The van der Waals surface area contributed by atoms with Crippen LogP contribution in [-0.2, 0) is 13.0 Å². The molecular weight excluding hydrogens is 158 g/mol. The molecule has 2 aromatic rings. The first-order chi connectivity index (χ1) is 6.38. The molecule has 1 aliphatic rings. The zero-order valence-electron chi connectivity index (χ0n) is 7.88. The molecule has 2 heterocycles. The van der Waals surface area contributed by atoms with Crippen molar-refractivity contribution in [3.8, 4) is 0 Å². The molecule has 0 fully saturated rings. The Labute approximate surface area is 78.0 Å². The van der Waals surface area contributed by atoms with Crippen molar-refractivity contribution in [2.45, 2.75) is 26.3 Å². The van der Waals surface area contributed by atoms with Crippen LogP contribution in [-0.4, -0.2) is 4.57 Å². The fraction of sp³-hybridized carbons (Fsp3) is 0.333. The first-order valence-electron chi connectivity index (χ1n) is 4.94. The van der Waals surface area contributed by atoms with E-state index in [-0.39, 0.29) is 0 Å². The minimum Gasteiger partial charge on any atom is -0.344 e. The largest absolute Gasteiger partial charge is 0.344 e. The maximum absolute atomic E-state index is 2.48. The summed E-state index contributed by atoms with van der Waals surface area (Å²) in [5.41, 5.74) is 4.47. The van der Waals surface area contributed by atoms with Crippen molar-refractivity contribution in [3.05, 3.63) is 35.5 Å². The van der Waals surface area contributed by atoms with Gasteiger partial charge in [0, 0.05) is 23.1 Å². The number of nitrogens with zero attached hydrogens (tertiary/aromatic N) is 1. The van der Waals surface area contributed by atoms with E-state index in [4.69, 9.17) is 0 Å². The summed E-state index contributed by atoms with van der Waals surface area (Å²) >= 11 is 0. The molecule has 1 nitrogen and oxygen atoms in total. The Morgan fingerprint density at radius 3 is 3.00 bits per heavy atom. The predicted molar refractivity (Wildman–Crippen MR) is 55.0 cm³/mol. The van der Waals surface area contributed by atoms with Crippen LogP contribution in [0.1, 0.15) is 17.7 Å². The van der Waals surface area contributed by atoms with E-state index in [1.54, 1.807) is 5.69 Å². The number of rotatable bonds is 0. The maximum Gasteiger partial charge on any atom is 0.0485 e. The van der Waals surface area contributed by atoms with Crippen LogP contribution in [0.25, 0.3) is 10.9 Å². The molecule has 1 aromatic carbocycles. The van der Waals surface area contributed by atoms with Crippen LogP contribution in [0.4, 0.5) is 0 Å². The van der Waals surface area contributed by atoms with Gasteiger partial charge in [-0.2, -0.15) is 0 Å². The Bertz CT molecular complexity index is 465. The van der Waals surface area contributed by atoms with Crippen LogP contribution in [0.3, 0.4) is 0 Å². The number of aryl methyl sites for hydroxylation is 2. The van der Waals surface area contributed by atoms with Gasteiger partial charge in [0.2, 0.25) is 0 Å². The highest BCUT2D eigenvalue weighted by molar-refractivity contribution is 5.85. The Morgan fingerprint density at radius 2 is 2.08 bits per heavy atom. The standard InChI is InChI=1S/C12H13N/c1-9-10-5-2-3-6-12(10)13-8-4-7-11(9)13/h2-3,5-6H,4,7-8H2,1H3. The Morgan fingerprint density at radius 1 is 1.23 bits per heavy atom. The molecule has 0 spiro atoms. The third-order valence-corrected chi connectivity index (χ3v) is 3.15. The number of fused-ring (bicyclic) bond motifs is 3. The van der Waals surface area contributed by atoms with Crippen molar-refractivity contribution in [3.63, 3.8) is 0 Å². The van der Waals surface area contributed by atoms with Gasteiger partial charge >= 0.3 is 0 Å². The minimum atomic E-state index is 1.21. The highest BCUT2D eigenvalue weighted by atomic mass is 15.0. The number of hydrogen-bond donors (Lipinski definition) is 0. The lowest BCUT2D eigenvalue weighted by Crippen LogP contribution is -1.90. The molecule has 0 amide bonds. The van der Waals surface area contributed by atoms with E-state index >= 15 is 0 Å². The average Bonchev–Trinajstić information content (AvgIpc) is 2.72. The van der Waals surface area contributed by atoms with E-state index in [0.29, 0.717) is 0 Å². The second-order valence-corrected chi connectivity index (χ2v) is 3.84. The molecule has 0 atom stereocenters. The molecule has 0 aliphatic carbocycles. The summed E-state index contributed by atoms with van der Waals surface area (Å²) < 4.78 is 2.48.